The van der Waals surface area contributed by atoms with E-state index in [0.29, 0.717) is 11.6 Å². The summed E-state index contributed by atoms with van der Waals surface area (Å²) in [6.07, 6.45) is 7.11. The lowest BCUT2D eigenvalue weighted by Gasteiger charge is -2.18. The van der Waals surface area contributed by atoms with Gasteiger partial charge in [0.05, 0.1) is 34.7 Å². The zero-order valence-corrected chi connectivity index (χ0v) is 20.8. The topological polar surface area (TPSA) is 47.6 Å². The van der Waals surface area contributed by atoms with Gasteiger partial charge in [-0.15, -0.1) is 13.2 Å². The summed E-state index contributed by atoms with van der Waals surface area (Å²) in [4.78, 5) is 11.8. The maximum atomic E-state index is 6.61. The summed E-state index contributed by atoms with van der Waals surface area (Å²) < 4.78 is 9.35. The van der Waals surface area contributed by atoms with Crippen molar-refractivity contribution in [2.75, 3.05) is 20.2 Å². The molecule has 6 nitrogen and oxygen atoms in total. The molecule has 3 aromatic rings. The van der Waals surface area contributed by atoms with E-state index < -0.39 is 0 Å². The van der Waals surface area contributed by atoms with Crippen LogP contribution in [0.15, 0.2) is 60.5 Å². The van der Waals surface area contributed by atoms with Crippen LogP contribution < -0.4 is 0 Å². The quantitative estimate of drug-likeness (QED) is 0.220. The molecule has 0 aromatic carbocycles. The molecule has 0 aliphatic rings. The van der Waals surface area contributed by atoms with Gasteiger partial charge in [-0.25, -0.2) is 9.97 Å². The van der Waals surface area contributed by atoms with Crippen LogP contribution in [0.4, 0.5) is 0 Å². The first-order chi connectivity index (χ1) is 15.4. The largest absolute Gasteiger partial charge is 0.503 e. The first-order valence-electron chi connectivity index (χ1n) is 10.8. The number of fused-ring (bicyclic) bond motifs is 3. The Balaban J connectivity index is 0.00000176. The summed E-state index contributed by atoms with van der Waals surface area (Å²) in [5.41, 5.74) is 5.66. The van der Waals surface area contributed by atoms with Crippen LogP contribution >= 0.6 is 11.6 Å². The minimum atomic E-state index is 0.490. The van der Waals surface area contributed by atoms with Crippen LogP contribution in [0.3, 0.4) is 0 Å². The molecule has 0 bridgehead atoms. The number of aromatic nitrogens is 4. The van der Waals surface area contributed by atoms with E-state index in [9.17, 15) is 0 Å². The molecule has 3 aromatic heterocycles. The summed E-state index contributed by atoms with van der Waals surface area (Å²) >= 11 is 6.61. The van der Waals surface area contributed by atoms with Gasteiger partial charge in [-0.2, -0.15) is 0 Å². The molecule has 0 fully saturated rings. The molecule has 3 heterocycles. The lowest BCUT2D eigenvalue weighted by atomic mass is 10.2. The number of imidazole rings is 2. The molecule has 0 saturated carbocycles. The van der Waals surface area contributed by atoms with Crippen LogP contribution in [0, 0.1) is 6.92 Å². The van der Waals surface area contributed by atoms with Crippen molar-refractivity contribution in [3.8, 4) is 0 Å². The van der Waals surface area contributed by atoms with Crippen LogP contribution in [-0.2, 0) is 11.3 Å². The molecule has 0 aliphatic carbocycles. The molecule has 0 unspecified atom stereocenters. The molecule has 172 valence electrons. The van der Waals surface area contributed by atoms with E-state index in [-0.39, 0.29) is 0 Å². The number of ether oxygens (including phenoxy) is 1. The first kappa shape index (κ1) is 25.4. The van der Waals surface area contributed by atoms with Crippen molar-refractivity contribution in [2.45, 2.75) is 41.2 Å². The second-order valence-corrected chi connectivity index (χ2v) is 7.69. The Bertz CT molecular complexity index is 1140. The monoisotopic (exact) mass is 455 g/mol. The standard InChI is InChI=1S/C23H28ClN5O.C2H6/c1-7-12-27(13-8-2)14-20-17(5)26-23-28(20)19-10-9-11-25-22(19)29(23)21(16(3)4)18(24)15-30-6;1-2/h7-11,15H,1-2,12-14H2,3-6H3;1-2H3/b18-15+;. The fraction of sp³-hybridized carbons (Fsp3) is 0.360. The van der Waals surface area contributed by atoms with Crippen molar-refractivity contribution < 1.29 is 4.74 Å². The van der Waals surface area contributed by atoms with Crippen molar-refractivity contribution in [1.82, 2.24) is 23.8 Å². The third kappa shape index (κ3) is 4.97. The predicted octanol–water partition coefficient (Wildman–Crippen LogP) is 6.17. The van der Waals surface area contributed by atoms with Crippen molar-refractivity contribution in [3.05, 3.63) is 71.9 Å². The van der Waals surface area contributed by atoms with Crippen molar-refractivity contribution >= 4 is 34.2 Å². The highest BCUT2D eigenvalue weighted by molar-refractivity contribution is 6.36. The van der Waals surface area contributed by atoms with Crippen molar-refractivity contribution in [2.24, 2.45) is 0 Å². The number of rotatable bonds is 9. The molecule has 3 rings (SSSR count). The van der Waals surface area contributed by atoms with Gasteiger partial charge in [-0.3, -0.25) is 13.9 Å². The fourth-order valence-electron chi connectivity index (χ4n) is 3.68. The summed E-state index contributed by atoms with van der Waals surface area (Å²) in [7, 11) is 1.58. The van der Waals surface area contributed by atoms with Crippen LogP contribution in [0.2, 0.25) is 0 Å². The molecular formula is C25H34ClN5O. The normalized spacial score (nSPS) is 11.4. The van der Waals surface area contributed by atoms with Gasteiger partial charge in [0.25, 0.3) is 0 Å². The molecule has 32 heavy (non-hydrogen) atoms. The molecule has 0 radical (unpaired) electrons. The van der Waals surface area contributed by atoms with E-state index in [2.05, 4.69) is 33.5 Å². The van der Waals surface area contributed by atoms with E-state index in [1.54, 1.807) is 13.3 Å². The number of hydrogen-bond acceptors (Lipinski definition) is 4. The Morgan fingerprint density at radius 1 is 1.22 bits per heavy atom. The van der Waals surface area contributed by atoms with Gasteiger partial charge in [0.1, 0.15) is 6.26 Å². The van der Waals surface area contributed by atoms with E-state index in [1.807, 2.05) is 57.4 Å². The summed E-state index contributed by atoms with van der Waals surface area (Å²) in [5, 5.41) is 0.490. The fourth-order valence-corrected chi connectivity index (χ4v) is 4.04. The third-order valence-corrected chi connectivity index (χ3v) is 5.13. The average molecular weight is 456 g/mol. The summed E-state index contributed by atoms with van der Waals surface area (Å²) in [5.74, 6) is 0.771. The Labute approximate surface area is 196 Å². The lowest BCUT2D eigenvalue weighted by Crippen LogP contribution is -2.24. The van der Waals surface area contributed by atoms with Gasteiger partial charge in [0.2, 0.25) is 5.78 Å². The van der Waals surface area contributed by atoms with Gasteiger partial charge >= 0.3 is 0 Å². The molecule has 0 N–H and O–H groups in total. The van der Waals surface area contributed by atoms with E-state index >= 15 is 0 Å². The van der Waals surface area contributed by atoms with Gasteiger partial charge < -0.3 is 4.74 Å². The van der Waals surface area contributed by atoms with Gasteiger partial charge in [-0.1, -0.05) is 43.2 Å². The Morgan fingerprint density at radius 3 is 2.44 bits per heavy atom. The maximum Gasteiger partial charge on any atom is 0.221 e. The van der Waals surface area contributed by atoms with Crippen LogP contribution in [-0.4, -0.2) is 44.0 Å². The van der Waals surface area contributed by atoms with E-state index in [1.165, 1.54) is 6.26 Å². The second kappa shape index (κ2) is 11.7. The van der Waals surface area contributed by atoms with Crippen LogP contribution in [0.1, 0.15) is 39.1 Å². The zero-order chi connectivity index (χ0) is 23.8. The van der Waals surface area contributed by atoms with Crippen molar-refractivity contribution in [3.63, 3.8) is 0 Å². The van der Waals surface area contributed by atoms with Crippen molar-refractivity contribution in [1.29, 1.82) is 0 Å². The molecule has 0 spiro atoms. The van der Waals surface area contributed by atoms with Gasteiger partial charge in [0, 0.05) is 25.8 Å². The SMILES string of the molecule is C=CCN(CC=C)Cc1c(C)nc2n(C(=C(C)C)/C(Cl)=C\OC)c3ncccc3n12.CC. The van der Waals surface area contributed by atoms with Crippen LogP contribution in [0.5, 0.6) is 0 Å². The summed E-state index contributed by atoms with van der Waals surface area (Å²) in [6, 6.07) is 3.99. The molecule has 0 aliphatic heterocycles. The Morgan fingerprint density at radius 2 is 1.88 bits per heavy atom. The number of aryl methyl sites for hydroxylation is 1. The maximum absolute atomic E-state index is 6.61. The number of halogens is 1. The highest BCUT2D eigenvalue weighted by Crippen LogP contribution is 2.32. The third-order valence-electron chi connectivity index (χ3n) is 4.87. The second-order valence-electron chi connectivity index (χ2n) is 7.28. The molecule has 0 saturated heterocycles. The molecule has 0 amide bonds. The number of pyridine rings is 1. The number of hydrogen-bond donors (Lipinski definition) is 0. The minimum Gasteiger partial charge on any atom is -0.503 e. The number of allylic oxidation sites excluding steroid dienone is 3. The zero-order valence-electron chi connectivity index (χ0n) is 20.0. The van der Waals surface area contributed by atoms with Crippen LogP contribution in [0.25, 0.3) is 22.6 Å². The number of methoxy groups -OCH3 is 1. The first-order valence-corrected chi connectivity index (χ1v) is 11.2. The summed E-state index contributed by atoms with van der Waals surface area (Å²) in [6.45, 7) is 20.1. The molecule has 7 heteroatoms. The molecule has 0 atom stereocenters. The average Bonchev–Trinajstić information content (AvgIpc) is 3.24. The molecular weight excluding hydrogens is 422 g/mol. The van der Waals surface area contributed by atoms with Gasteiger partial charge in [-0.05, 0) is 32.9 Å². The minimum absolute atomic E-state index is 0.490. The predicted molar refractivity (Wildman–Crippen MR) is 136 cm³/mol. The smallest absolute Gasteiger partial charge is 0.221 e. The Hall–Kier alpha value is -2.83. The van der Waals surface area contributed by atoms with E-state index in [0.717, 1.165) is 52.7 Å². The van der Waals surface area contributed by atoms with E-state index in [4.69, 9.17) is 21.3 Å². The highest BCUT2D eigenvalue weighted by Gasteiger charge is 2.23. The highest BCUT2D eigenvalue weighted by atomic mass is 35.5. The van der Waals surface area contributed by atoms with Gasteiger partial charge in [0.15, 0.2) is 5.65 Å². The number of nitrogens with zero attached hydrogens (tertiary/aromatic N) is 5. The Kier molecular flexibility index (Phi) is 9.29. The lowest BCUT2D eigenvalue weighted by molar-refractivity contribution is 0.322.